The van der Waals surface area contributed by atoms with Gasteiger partial charge in [0, 0.05) is 11.0 Å². The number of fused-ring (bicyclic) bond motifs is 1. The zero-order valence-corrected chi connectivity index (χ0v) is 20.8. The van der Waals surface area contributed by atoms with Gasteiger partial charge in [-0.3, -0.25) is 19.7 Å². The molecular formula is C20H26BrN6O5P. The first-order valence-electron chi connectivity index (χ1n) is 10.2. The van der Waals surface area contributed by atoms with Gasteiger partial charge in [-0.25, -0.2) is 4.98 Å². The monoisotopic (exact) mass is 540 g/mol. The summed E-state index contributed by atoms with van der Waals surface area (Å²) in [6.45, 7) is 4.87. The fourth-order valence-electron chi connectivity index (χ4n) is 2.87. The Bertz CT molecular complexity index is 1140. The first-order valence-corrected chi connectivity index (χ1v) is 12.5. The third-order valence-corrected chi connectivity index (χ3v) is 6.46. The number of nitrogens with two attached hydrogens (primary N) is 1. The molecule has 0 aliphatic heterocycles. The summed E-state index contributed by atoms with van der Waals surface area (Å²) in [5, 5.41) is 3.16. The van der Waals surface area contributed by atoms with Crippen LogP contribution in [0.2, 0.25) is 0 Å². The summed E-state index contributed by atoms with van der Waals surface area (Å²) in [6.07, 6.45) is 1.76. The Morgan fingerprint density at radius 1 is 1.42 bits per heavy atom. The number of benzene rings is 1. The summed E-state index contributed by atoms with van der Waals surface area (Å²) in [5.41, 5.74) is 6.83. The molecular weight excluding hydrogens is 515 g/mol. The molecule has 0 aliphatic carbocycles. The minimum Gasteiger partial charge on any atom is -0.465 e. The van der Waals surface area contributed by atoms with Gasteiger partial charge in [-0.15, -0.1) is 0 Å². The van der Waals surface area contributed by atoms with Crippen molar-refractivity contribution in [2.75, 3.05) is 25.3 Å². The predicted molar refractivity (Wildman–Crippen MR) is 128 cm³/mol. The molecule has 0 radical (unpaired) electrons. The smallest absolute Gasteiger partial charge is 0.323 e. The van der Waals surface area contributed by atoms with E-state index in [4.69, 9.17) is 19.7 Å². The lowest BCUT2D eigenvalue weighted by atomic mass is 10.2. The fraction of sp³-hybridized carbons (Fsp3) is 0.400. The van der Waals surface area contributed by atoms with Crippen LogP contribution >= 0.6 is 24.2 Å². The zero-order valence-electron chi connectivity index (χ0n) is 18.3. The topological polar surface area (TPSA) is 146 Å². The number of hydrogen-bond donors (Lipinski definition) is 3. The number of carbonyl (C=O) groups excluding carboxylic acids is 1. The lowest BCUT2D eigenvalue weighted by molar-refractivity contribution is -0.144. The van der Waals surface area contributed by atoms with E-state index in [9.17, 15) is 9.59 Å². The second-order valence-electron chi connectivity index (χ2n) is 6.98. The van der Waals surface area contributed by atoms with Crippen LogP contribution in [0, 0.1) is 0 Å². The van der Waals surface area contributed by atoms with Gasteiger partial charge in [-0.05, 0) is 31.5 Å². The van der Waals surface area contributed by atoms with E-state index in [1.165, 1.54) is 6.33 Å². The molecule has 0 fully saturated rings. The van der Waals surface area contributed by atoms with E-state index in [2.05, 4.69) is 36.0 Å². The maximum absolute atomic E-state index is 12.0. The van der Waals surface area contributed by atoms with Crippen molar-refractivity contribution < 1.29 is 18.8 Å². The van der Waals surface area contributed by atoms with Crippen molar-refractivity contribution in [2.24, 2.45) is 0 Å². The second kappa shape index (κ2) is 12.2. The largest absolute Gasteiger partial charge is 0.465 e. The van der Waals surface area contributed by atoms with E-state index < -0.39 is 19.9 Å². The lowest BCUT2D eigenvalue weighted by Crippen LogP contribution is -2.33. The van der Waals surface area contributed by atoms with Crippen molar-refractivity contribution in [2.45, 2.75) is 33.0 Å². The molecule has 2 heterocycles. The Hall–Kier alpha value is -2.37. The molecule has 2 atom stereocenters. The van der Waals surface area contributed by atoms with E-state index >= 15 is 0 Å². The minimum absolute atomic E-state index is 0.0248. The summed E-state index contributed by atoms with van der Waals surface area (Å²) >= 11 is 3.45. The van der Waals surface area contributed by atoms with Crippen LogP contribution in [0.15, 0.2) is 39.9 Å². The Morgan fingerprint density at radius 2 is 2.24 bits per heavy atom. The number of ether oxygens (including phenoxy) is 2. The van der Waals surface area contributed by atoms with E-state index in [0.717, 1.165) is 10.0 Å². The molecule has 13 heteroatoms. The van der Waals surface area contributed by atoms with E-state index in [-0.39, 0.29) is 23.8 Å². The summed E-state index contributed by atoms with van der Waals surface area (Å²) in [6, 6.07) is 7.25. The molecule has 0 bridgehead atoms. The van der Waals surface area contributed by atoms with Crippen LogP contribution in [0.4, 0.5) is 5.95 Å². The molecule has 1 unspecified atom stereocenters. The molecule has 33 heavy (non-hydrogen) atoms. The Morgan fingerprint density at radius 3 is 3.00 bits per heavy atom. The number of nitrogen functional groups attached to an aromatic ring is 1. The van der Waals surface area contributed by atoms with Crippen molar-refractivity contribution in [3.05, 3.63) is 51.0 Å². The molecule has 0 saturated carbocycles. The summed E-state index contributed by atoms with van der Waals surface area (Å²) in [4.78, 5) is 34.6. The van der Waals surface area contributed by atoms with Gasteiger partial charge in [-0.1, -0.05) is 28.1 Å². The third-order valence-electron chi connectivity index (χ3n) is 4.43. The average molecular weight is 541 g/mol. The van der Waals surface area contributed by atoms with Crippen LogP contribution in [0.1, 0.15) is 19.4 Å². The average Bonchev–Trinajstić information content (AvgIpc) is 3.18. The van der Waals surface area contributed by atoms with Gasteiger partial charge in [-0.2, -0.15) is 4.98 Å². The van der Waals surface area contributed by atoms with Gasteiger partial charge in [0.1, 0.15) is 20.7 Å². The van der Waals surface area contributed by atoms with Crippen molar-refractivity contribution in [1.82, 2.24) is 24.6 Å². The minimum atomic E-state index is -1.29. The Labute approximate surface area is 200 Å². The van der Waals surface area contributed by atoms with Crippen molar-refractivity contribution in [3.63, 3.8) is 0 Å². The molecule has 2 aromatic heterocycles. The van der Waals surface area contributed by atoms with Crippen molar-refractivity contribution in [3.8, 4) is 0 Å². The SMILES string of the molecule is CCOC(=O)[C@H](C)NP(COCCn1cnc2c(=O)[nH]c(N)nc21)OCc1cccc(Br)c1. The number of esters is 1. The molecule has 0 spiro atoms. The number of anilines is 1. The van der Waals surface area contributed by atoms with Gasteiger partial charge in [0.25, 0.3) is 5.56 Å². The molecule has 3 aromatic rings. The Balaban J connectivity index is 1.58. The highest BCUT2D eigenvalue weighted by Crippen LogP contribution is 2.34. The molecule has 1 aromatic carbocycles. The number of nitrogens with one attached hydrogen (secondary N) is 2. The lowest BCUT2D eigenvalue weighted by Gasteiger charge is -2.22. The number of carbonyl (C=O) groups is 1. The highest BCUT2D eigenvalue weighted by Gasteiger charge is 2.20. The van der Waals surface area contributed by atoms with Crippen LogP contribution in [0.5, 0.6) is 0 Å². The summed E-state index contributed by atoms with van der Waals surface area (Å²) in [5.74, 6) is -0.327. The molecule has 4 N–H and O–H groups in total. The van der Waals surface area contributed by atoms with Gasteiger partial charge >= 0.3 is 5.97 Å². The number of nitrogens with zero attached hydrogens (tertiary/aromatic N) is 3. The molecule has 0 saturated heterocycles. The summed E-state index contributed by atoms with van der Waals surface area (Å²) < 4.78 is 19.6. The van der Waals surface area contributed by atoms with Gasteiger partial charge in [0.15, 0.2) is 11.2 Å². The number of imidazole rings is 1. The van der Waals surface area contributed by atoms with Crippen LogP contribution in [-0.2, 0) is 31.9 Å². The van der Waals surface area contributed by atoms with E-state index in [1.54, 1.807) is 18.4 Å². The zero-order chi connectivity index (χ0) is 23.8. The summed E-state index contributed by atoms with van der Waals surface area (Å²) in [7, 11) is -1.29. The van der Waals surface area contributed by atoms with Gasteiger partial charge in [0.05, 0.1) is 26.1 Å². The fourth-order valence-corrected chi connectivity index (χ4v) is 4.68. The number of aromatic amines is 1. The van der Waals surface area contributed by atoms with Crippen LogP contribution in [0.3, 0.4) is 0 Å². The maximum atomic E-state index is 12.0. The van der Waals surface area contributed by atoms with Gasteiger partial charge < -0.3 is 24.3 Å². The van der Waals surface area contributed by atoms with E-state index in [0.29, 0.717) is 32.0 Å². The third kappa shape index (κ3) is 7.31. The number of hydrogen-bond acceptors (Lipinski definition) is 9. The maximum Gasteiger partial charge on any atom is 0.323 e. The highest BCUT2D eigenvalue weighted by atomic mass is 79.9. The number of H-pyrrole nitrogens is 1. The number of rotatable bonds is 12. The van der Waals surface area contributed by atoms with Crippen LogP contribution < -0.4 is 16.4 Å². The standard InChI is InChI=1S/C20H26BrN6O5P/c1-3-31-19(29)13(2)26-33(32-10-14-5-4-6-15(21)9-14)12-30-8-7-27-11-23-16-17(27)24-20(22)25-18(16)28/h4-6,9,11,13,26H,3,7-8,10,12H2,1-2H3,(H3,22,24,25,28)/t13-,33?/m0/s1. The molecule has 0 amide bonds. The van der Waals surface area contributed by atoms with Gasteiger partial charge in [0.2, 0.25) is 5.95 Å². The highest BCUT2D eigenvalue weighted by molar-refractivity contribution is 9.10. The molecule has 178 valence electrons. The molecule has 11 nitrogen and oxygen atoms in total. The van der Waals surface area contributed by atoms with Crippen molar-refractivity contribution >= 4 is 47.3 Å². The molecule has 0 aliphatic rings. The van der Waals surface area contributed by atoms with Crippen LogP contribution in [0.25, 0.3) is 11.2 Å². The predicted octanol–water partition coefficient (Wildman–Crippen LogP) is 2.51. The van der Waals surface area contributed by atoms with Crippen LogP contribution in [-0.4, -0.2) is 51.1 Å². The quantitative estimate of drug-likeness (QED) is 0.179. The first kappa shape index (κ1) is 25.3. The number of aromatic nitrogens is 4. The second-order valence-corrected chi connectivity index (χ2v) is 9.43. The van der Waals surface area contributed by atoms with E-state index in [1.807, 2.05) is 24.3 Å². The molecule has 3 rings (SSSR count). The van der Waals surface area contributed by atoms with Crippen molar-refractivity contribution in [1.29, 1.82) is 0 Å². The normalized spacial score (nSPS) is 13.2. The Kier molecular flexibility index (Phi) is 9.33. The first-order chi connectivity index (χ1) is 15.9. The number of halogens is 1.